The van der Waals surface area contributed by atoms with E-state index in [0.717, 1.165) is 0 Å². The number of carbonyl (C=O) groups excluding carboxylic acids is 1. The highest BCUT2D eigenvalue weighted by Crippen LogP contribution is 2.22. The zero-order chi connectivity index (χ0) is 13.1. The van der Waals surface area contributed by atoms with Crippen molar-refractivity contribution < 1.29 is 27.1 Å². The quantitative estimate of drug-likeness (QED) is 0.571. The molecule has 0 radical (unpaired) electrons. The van der Waals surface area contributed by atoms with Crippen LogP contribution in [0.2, 0.25) is 0 Å². The predicted octanol–water partition coefficient (Wildman–Crippen LogP) is 1.52. The van der Waals surface area contributed by atoms with Crippen LogP contribution in [0.15, 0.2) is 12.4 Å². The van der Waals surface area contributed by atoms with Gasteiger partial charge in [-0.25, -0.2) is 13.8 Å². The van der Waals surface area contributed by atoms with Crippen molar-refractivity contribution in [1.82, 2.24) is 9.55 Å². The van der Waals surface area contributed by atoms with E-state index in [1.807, 2.05) is 0 Å². The van der Waals surface area contributed by atoms with Gasteiger partial charge >= 0.3 is 12.3 Å². The molecule has 0 aromatic carbocycles. The van der Waals surface area contributed by atoms with Gasteiger partial charge < -0.3 is 9.30 Å². The summed E-state index contributed by atoms with van der Waals surface area (Å²) in [6.07, 6.45) is -0.979. The number of imidazole rings is 1. The van der Waals surface area contributed by atoms with Gasteiger partial charge in [0.05, 0.1) is 0 Å². The number of aromatic nitrogens is 2. The van der Waals surface area contributed by atoms with Crippen LogP contribution in [0.25, 0.3) is 0 Å². The van der Waals surface area contributed by atoms with Crippen LogP contribution in [0.4, 0.5) is 17.6 Å². The SMILES string of the molecule is Cn1ccnc1C(=O)COCC(F)(F)C(F)F. The highest BCUT2D eigenvalue weighted by Gasteiger charge is 2.41. The maximum absolute atomic E-state index is 12.4. The monoisotopic (exact) mass is 254 g/mol. The van der Waals surface area contributed by atoms with Crippen molar-refractivity contribution in [2.75, 3.05) is 13.2 Å². The Morgan fingerprint density at radius 1 is 1.59 bits per heavy atom. The average molecular weight is 254 g/mol. The number of hydrogen-bond acceptors (Lipinski definition) is 3. The minimum atomic E-state index is -4.25. The number of hydrogen-bond donors (Lipinski definition) is 0. The van der Waals surface area contributed by atoms with Gasteiger partial charge in [-0.05, 0) is 0 Å². The molecule has 0 saturated heterocycles. The van der Waals surface area contributed by atoms with Crippen LogP contribution in [0.1, 0.15) is 10.6 Å². The summed E-state index contributed by atoms with van der Waals surface area (Å²) in [5, 5.41) is 0. The van der Waals surface area contributed by atoms with Crippen LogP contribution in [-0.2, 0) is 11.8 Å². The summed E-state index contributed by atoms with van der Waals surface area (Å²) < 4.78 is 53.9. The summed E-state index contributed by atoms with van der Waals surface area (Å²) in [5.74, 6) is -4.88. The largest absolute Gasteiger partial charge is 0.367 e. The molecule has 0 unspecified atom stereocenters. The Morgan fingerprint density at radius 2 is 2.24 bits per heavy atom. The van der Waals surface area contributed by atoms with Crippen molar-refractivity contribution >= 4 is 5.78 Å². The summed E-state index contributed by atoms with van der Waals surface area (Å²) in [4.78, 5) is 15.0. The average Bonchev–Trinajstić information content (AvgIpc) is 2.63. The van der Waals surface area contributed by atoms with Gasteiger partial charge in [0.25, 0.3) is 0 Å². The lowest BCUT2D eigenvalue weighted by atomic mass is 10.3. The molecule has 1 heterocycles. The third-order valence-corrected chi connectivity index (χ3v) is 1.92. The topological polar surface area (TPSA) is 44.1 Å². The number of aryl methyl sites for hydroxylation is 1. The minimum Gasteiger partial charge on any atom is -0.367 e. The number of carbonyl (C=O) groups is 1. The Morgan fingerprint density at radius 3 is 2.71 bits per heavy atom. The van der Waals surface area contributed by atoms with Gasteiger partial charge in [-0.2, -0.15) is 8.78 Å². The molecule has 0 fully saturated rings. The predicted molar refractivity (Wildman–Crippen MR) is 49.3 cm³/mol. The Balaban J connectivity index is 2.43. The molecular formula is C9H10F4N2O2. The molecule has 1 rings (SSSR count). The Kier molecular flexibility index (Phi) is 4.22. The normalized spacial score (nSPS) is 12.1. The molecule has 0 aliphatic rings. The fourth-order valence-corrected chi connectivity index (χ4v) is 1.04. The molecule has 0 bridgehead atoms. The van der Waals surface area contributed by atoms with Crippen LogP contribution >= 0.6 is 0 Å². The molecule has 1 aromatic rings. The number of halogens is 4. The molecule has 0 aliphatic carbocycles. The van der Waals surface area contributed by atoms with E-state index in [1.165, 1.54) is 24.0 Å². The molecule has 0 atom stereocenters. The number of Topliss-reactive ketones (excluding diaryl/α,β-unsaturated/α-hetero) is 1. The molecule has 1 aromatic heterocycles. The second kappa shape index (κ2) is 5.26. The van der Waals surface area contributed by atoms with Gasteiger partial charge in [-0.1, -0.05) is 0 Å². The number of ether oxygens (including phenoxy) is 1. The van der Waals surface area contributed by atoms with Crippen molar-refractivity contribution in [3.63, 3.8) is 0 Å². The van der Waals surface area contributed by atoms with Gasteiger partial charge in [-0.15, -0.1) is 0 Å². The molecule has 8 heteroatoms. The number of nitrogens with zero attached hydrogens (tertiary/aromatic N) is 2. The number of ketones is 1. The first kappa shape index (κ1) is 13.6. The van der Waals surface area contributed by atoms with E-state index in [-0.39, 0.29) is 5.82 Å². The lowest BCUT2D eigenvalue weighted by Crippen LogP contribution is -2.33. The summed E-state index contributed by atoms with van der Waals surface area (Å²) in [6, 6.07) is 0. The van der Waals surface area contributed by atoms with Gasteiger partial charge in [0.15, 0.2) is 5.82 Å². The van der Waals surface area contributed by atoms with Crippen LogP contribution in [-0.4, -0.2) is 40.9 Å². The molecule has 17 heavy (non-hydrogen) atoms. The van der Waals surface area contributed by atoms with Crippen molar-refractivity contribution in [2.45, 2.75) is 12.3 Å². The smallest absolute Gasteiger partial charge is 0.330 e. The van der Waals surface area contributed by atoms with E-state index in [1.54, 1.807) is 0 Å². The van der Waals surface area contributed by atoms with Gasteiger partial charge in [0, 0.05) is 19.4 Å². The summed E-state index contributed by atoms with van der Waals surface area (Å²) in [7, 11) is 1.54. The highest BCUT2D eigenvalue weighted by atomic mass is 19.3. The van der Waals surface area contributed by atoms with Crippen molar-refractivity contribution in [3.8, 4) is 0 Å². The summed E-state index contributed by atoms with van der Waals surface area (Å²) in [5.41, 5.74) is 0. The molecule has 0 saturated carbocycles. The van der Waals surface area contributed by atoms with Crippen LogP contribution < -0.4 is 0 Å². The van der Waals surface area contributed by atoms with Gasteiger partial charge in [0.2, 0.25) is 5.78 Å². The fraction of sp³-hybridized carbons (Fsp3) is 0.556. The molecule has 0 aliphatic heterocycles. The number of rotatable bonds is 6. The fourth-order valence-electron chi connectivity index (χ4n) is 1.04. The Bertz CT molecular complexity index is 392. The molecule has 0 amide bonds. The third kappa shape index (κ3) is 3.52. The van der Waals surface area contributed by atoms with E-state index in [9.17, 15) is 22.4 Å². The first-order valence-corrected chi connectivity index (χ1v) is 4.59. The molecule has 0 spiro atoms. The van der Waals surface area contributed by atoms with E-state index in [0.29, 0.717) is 0 Å². The number of alkyl halides is 4. The lowest BCUT2D eigenvalue weighted by Gasteiger charge is -2.14. The highest BCUT2D eigenvalue weighted by molar-refractivity contribution is 5.93. The second-order valence-corrected chi connectivity index (χ2v) is 3.34. The van der Waals surface area contributed by atoms with Crippen LogP contribution in [0, 0.1) is 0 Å². The second-order valence-electron chi connectivity index (χ2n) is 3.34. The molecular weight excluding hydrogens is 244 g/mol. The zero-order valence-corrected chi connectivity index (χ0v) is 8.87. The lowest BCUT2D eigenvalue weighted by molar-refractivity contribution is -0.163. The molecule has 0 N–H and O–H groups in total. The maximum atomic E-state index is 12.4. The van der Waals surface area contributed by atoms with Gasteiger partial charge in [-0.3, -0.25) is 4.79 Å². The van der Waals surface area contributed by atoms with Crippen LogP contribution in [0.5, 0.6) is 0 Å². The van der Waals surface area contributed by atoms with Crippen molar-refractivity contribution in [2.24, 2.45) is 7.05 Å². The maximum Gasteiger partial charge on any atom is 0.330 e. The standard InChI is InChI=1S/C9H10F4N2O2/c1-15-3-2-14-7(15)6(16)4-17-5-9(12,13)8(10)11/h2-3,8H,4-5H2,1H3. The van der Waals surface area contributed by atoms with Gasteiger partial charge in [0.1, 0.15) is 13.2 Å². The molecule has 4 nitrogen and oxygen atoms in total. The van der Waals surface area contributed by atoms with Crippen molar-refractivity contribution in [1.29, 1.82) is 0 Å². The summed E-state index contributed by atoms with van der Waals surface area (Å²) >= 11 is 0. The summed E-state index contributed by atoms with van der Waals surface area (Å²) in [6.45, 7) is -2.21. The van der Waals surface area contributed by atoms with E-state index in [4.69, 9.17) is 0 Å². The third-order valence-electron chi connectivity index (χ3n) is 1.92. The van der Waals surface area contributed by atoms with E-state index >= 15 is 0 Å². The Hall–Kier alpha value is -1.44. The van der Waals surface area contributed by atoms with E-state index < -0.39 is 31.3 Å². The zero-order valence-electron chi connectivity index (χ0n) is 8.87. The first-order chi connectivity index (χ1) is 7.84. The van der Waals surface area contributed by atoms with Crippen molar-refractivity contribution in [3.05, 3.63) is 18.2 Å². The van der Waals surface area contributed by atoms with Crippen LogP contribution in [0.3, 0.4) is 0 Å². The first-order valence-electron chi connectivity index (χ1n) is 4.59. The molecule has 96 valence electrons. The van der Waals surface area contributed by atoms with E-state index in [2.05, 4.69) is 9.72 Å². The Labute approximate surface area is 94.2 Å². The minimum absolute atomic E-state index is 0.0189.